The van der Waals surface area contributed by atoms with Gasteiger partial charge in [0, 0.05) is 17.3 Å². The van der Waals surface area contributed by atoms with Crippen molar-refractivity contribution in [2.24, 2.45) is 0 Å². The molecular formula is C16H16BrNO4S. The number of likely N-dealkylation sites (N-methyl/N-ethyl adjacent to an activating group) is 1. The number of rotatable bonds is 4. The van der Waals surface area contributed by atoms with Crippen molar-refractivity contribution in [2.75, 3.05) is 20.7 Å². The number of ether oxygens (including phenoxy) is 1. The third kappa shape index (κ3) is 3.97. The first-order valence-electron chi connectivity index (χ1n) is 6.75. The average molecular weight is 398 g/mol. The van der Waals surface area contributed by atoms with Gasteiger partial charge in [-0.25, -0.2) is 0 Å². The SMILES string of the molecule is COc1ccc2c(SC(=O)N(C)CC(=O)O)cc(C)cc2c1Br. The predicted octanol–water partition coefficient (Wildman–Crippen LogP) is 4.15. The maximum Gasteiger partial charge on any atom is 0.323 e. The lowest BCUT2D eigenvalue weighted by atomic mass is 10.1. The second kappa shape index (κ2) is 7.23. The monoisotopic (exact) mass is 397 g/mol. The van der Waals surface area contributed by atoms with Crippen LogP contribution in [-0.4, -0.2) is 41.9 Å². The van der Waals surface area contributed by atoms with Gasteiger partial charge in [-0.3, -0.25) is 9.59 Å². The smallest absolute Gasteiger partial charge is 0.323 e. The van der Waals surface area contributed by atoms with Gasteiger partial charge in [0.1, 0.15) is 12.3 Å². The Morgan fingerprint density at radius 3 is 2.61 bits per heavy atom. The molecule has 0 fully saturated rings. The summed E-state index contributed by atoms with van der Waals surface area (Å²) in [6.45, 7) is 1.62. The molecule has 0 aromatic heterocycles. The van der Waals surface area contributed by atoms with E-state index in [0.717, 1.165) is 37.5 Å². The van der Waals surface area contributed by atoms with Crippen molar-refractivity contribution in [1.82, 2.24) is 4.90 Å². The molecule has 7 heteroatoms. The van der Waals surface area contributed by atoms with Crippen molar-refractivity contribution in [1.29, 1.82) is 0 Å². The minimum Gasteiger partial charge on any atom is -0.496 e. The molecule has 2 aromatic carbocycles. The number of methoxy groups -OCH3 is 1. The van der Waals surface area contributed by atoms with Crippen molar-refractivity contribution < 1.29 is 19.4 Å². The Morgan fingerprint density at radius 1 is 1.30 bits per heavy atom. The number of nitrogens with zero attached hydrogens (tertiary/aromatic N) is 1. The summed E-state index contributed by atoms with van der Waals surface area (Å²) in [5, 5.41) is 10.3. The van der Waals surface area contributed by atoms with Gasteiger partial charge in [0.05, 0.1) is 11.6 Å². The molecule has 0 saturated heterocycles. The molecular weight excluding hydrogens is 382 g/mol. The fraction of sp³-hybridized carbons (Fsp3) is 0.250. The number of fused-ring (bicyclic) bond motifs is 1. The molecule has 122 valence electrons. The van der Waals surface area contributed by atoms with Gasteiger partial charge in [0.2, 0.25) is 0 Å². The van der Waals surface area contributed by atoms with E-state index >= 15 is 0 Å². The van der Waals surface area contributed by atoms with Gasteiger partial charge in [0.15, 0.2) is 0 Å². The molecule has 0 atom stereocenters. The number of carboxylic acids is 1. The Bertz CT molecular complexity index is 778. The summed E-state index contributed by atoms with van der Waals surface area (Å²) in [4.78, 5) is 24.9. The van der Waals surface area contributed by atoms with E-state index in [2.05, 4.69) is 15.9 Å². The van der Waals surface area contributed by atoms with Gasteiger partial charge in [-0.2, -0.15) is 0 Å². The van der Waals surface area contributed by atoms with Crippen molar-refractivity contribution in [2.45, 2.75) is 11.8 Å². The van der Waals surface area contributed by atoms with Gasteiger partial charge >= 0.3 is 5.97 Å². The van der Waals surface area contributed by atoms with E-state index in [1.807, 2.05) is 31.2 Å². The highest BCUT2D eigenvalue weighted by molar-refractivity contribution is 9.10. The second-order valence-electron chi connectivity index (χ2n) is 5.06. The van der Waals surface area contributed by atoms with Crippen LogP contribution in [0, 0.1) is 6.92 Å². The number of benzene rings is 2. The average Bonchev–Trinajstić information content (AvgIpc) is 2.47. The lowest BCUT2D eigenvalue weighted by Crippen LogP contribution is -2.28. The lowest BCUT2D eigenvalue weighted by Gasteiger charge is -2.16. The number of thioether (sulfide) groups is 1. The largest absolute Gasteiger partial charge is 0.496 e. The van der Waals surface area contributed by atoms with Crippen LogP contribution in [0.3, 0.4) is 0 Å². The molecule has 0 spiro atoms. The molecule has 0 radical (unpaired) electrons. The Morgan fingerprint density at radius 2 is 2.00 bits per heavy atom. The molecule has 0 aliphatic rings. The molecule has 0 bridgehead atoms. The van der Waals surface area contributed by atoms with Gasteiger partial charge in [0.25, 0.3) is 5.24 Å². The molecule has 0 unspecified atom stereocenters. The summed E-state index contributed by atoms with van der Waals surface area (Å²) < 4.78 is 6.13. The zero-order valence-electron chi connectivity index (χ0n) is 12.9. The van der Waals surface area contributed by atoms with Crippen LogP contribution in [0.15, 0.2) is 33.6 Å². The van der Waals surface area contributed by atoms with Gasteiger partial charge < -0.3 is 14.7 Å². The first kappa shape index (κ1) is 17.6. The van der Waals surface area contributed by atoms with Crippen LogP contribution >= 0.6 is 27.7 Å². The maximum absolute atomic E-state index is 12.2. The number of hydrogen-bond donors (Lipinski definition) is 1. The quantitative estimate of drug-likeness (QED) is 0.784. The number of aliphatic carboxylic acids is 1. The minimum absolute atomic E-state index is 0.314. The van der Waals surface area contributed by atoms with Gasteiger partial charge in [-0.15, -0.1) is 0 Å². The normalized spacial score (nSPS) is 10.6. The van der Waals surface area contributed by atoms with E-state index in [1.165, 1.54) is 11.9 Å². The Kier molecular flexibility index (Phi) is 5.54. The van der Waals surface area contributed by atoms with E-state index in [1.54, 1.807) is 7.11 Å². The van der Waals surface area contributed by atoms with Gasteiger partial charge in [-0.1, -0.05) is 6.07 Å². The van der Waals surface area contributed by atoms with Crippen LogP contribution in [-0.2, 0) is 4.79 Å². The summed E-state index contributed by atoms with van der Waals surface area (Å²) in [6.07, 6.45) is 0. The molecule has 0 saturated carbocycles. The Labute approximate surface area is 146 Å². The summed E-state index contributed by atoms with van der Waals surface area (Å²) in [5.41, 5.74) is 1.00. The van der Waals surface area contributed by atoms with Crippen LogP contribution in [0.25, 0.3) is 10.8 Å². The molecule has 0 aliphatic heterocycles. The third-order valence-electron chi connectivity index (χ3n) is 3.24. The van der Waals surface area contributed by atoms with E-state index in [0.29, 0.717) is 5.75 Å². The van der Waals surface area contributed by atoms with Crippen molar-refractivity contribution >= 4 is 49.7 Å². The maximum atomic E-state index is 12.2. The standard InChI is InChI=1S/C16H16BrNO4S/c1-9-6-11-10(4-5-12(22-3)15(11)17)13(7-9)23-16(21)18(2)8-14(19)20/h4-7H,8H2,1-3H3,(H,19,20). The van der Waals surface area contributed by atoms with Crippen molar-refractivity contribution in [3.05, 3.63) is 34.3 Å². The van der Waals surface area contributed by atoms with E-state index < -0.39 is 5.97 Å². The number of carbonyl (C=O) groups excluding carboxylic acids is 1. The second-order valence-corrected chi connectivity index (χ2v) is 6.84. The first-order chi connectivity index (χ1) is 10.8. The van der Waals surface area contributed by atoms with Crippen molar-refractivity contribution in [3.8, 4) is 5.75 Å². The van der Waals surface area contributed by atoms with Gasteiger partial charge in [-0.05, 0) is 63.8 Å². The van der Waals surface area contributed by atoms with Crippen LogP contribution < -0.4 is 4.74 Å². The minimum atomic E-state index is -1.04. The predicted molar refractivity (Wildman–Crippen MR) is 94.5 cm³/mol. The topological polar surface area (TPSA) is 66.8 Å². The molecule has 23 heavy (non-hydrogen) atoms. The molecule has 1 N–H and O–H groups in total. The molecule has 2 rings (SSSR count). The Balaban J connectivity index is 2.43. The molecule has 5 nitrogen and oxygen atoms in total. The van der Waals surface area contributed by atoms with Crippen LogP contribution in [0.2, 0.25) is 0 Å². The summed E-state index contributed by atoms with van der Waals surface area (Å²) in [5.74, 6) is -0.323. The van der Waals surface area contributed by atoms with E-state index in [4.69, 9.17) is 9.84 Å². The lowest BCUT2D eigenvalue weighted by molar-refractivity contribution is -0.137. The molecule has 1 amide bonds. The van der Waals surface area contributed by atoms with Crippen LogP contribution in [0.1, 0.15) is 5.56 Å². The summed E-state index contributed by atoms with van der Waals surface area (Å²) in [7, 11) is 3.07. The van der Waals surface area contributed by atoms with E-state index in [9.17, 15) is 9.59 Å². The fourth-order valence-corrected chi connectivity index (χ4v) is 3.73. The molecule has 0 heterocycles. The van der Waals surface area contributed by atoms with Crippen LogP contribution in [0.5, 0.6) is 5.75 Å². The highest BCUT2D eigenvalue weighted by Crippen LogP contribution is 2.38. The number of aryl methyl sites for hydroxylation is 1. The van der Waals surface area contributed by atoms with Crippen LogP contribution in [0.4, 0.5) is 4.79 Å². The number of hydrogen-bond acceptors (Lipinski definition) is 4. The fourth-order valence-electron chi connectivity index (χ4n) is 2.16. The zero-order chi connectivity index (χ0) is 17.1. The highest BCUT2D eigenvalue weighted by atomic mass is 79.9. The van der Waals surface area contributed by atoms with E-state index in [-0.39, 0.29) is 11.8 Å². The number of amides is 1. The highest BCUT2D eigenvalue weighted by Gasteiger charge is 2.17. The summed E-state index contributed by atoms with van der Waals surface area (Å²) >= 11 is 4.55. The number of carboxylic acid groups (broad SMARTS) is 1. The summed E-state index contributed by atoms with van der Waals surface area (Å²) in [6, 6.07) is 7.65. The number of carbonyl (C=O) groups is 2. The number of halogens is 1. The zero-order valence-corrected chi connectivity index (χ0v) is 15.3. The molecule has 0 aliphatic carbocycles. The Hall–Kier alpha value is -1.73. The van der Waals surface area contributed by atoms with Crippen molar-refractivity contribution in [3.63, 3.8) is 0 Å². The molecule has 2 aromatic rings. The first-order valence-corrected chi connectivity index (χ1v) is 8.36. The third-order valence-corrected chi connectivity index (χ3v) is 5.10.